The number of likely N-dealkylation sites (tertiary alicyclic amines) is 1. The Morgan fingerprint density at radius 3 is 2.76 bits per heavy atom. The number of halogens is 4. The van der Waals surface area contributed by atoms with Crippen molar-refractivity contribution in [3.63, 3.8) is 0 Å². The number of fused-ring (bicyclic) bond motifs is 1. The molecule has 2 N–H and O–H groups in total. The summed E-state index contributed by atoms with van der Waals surface area (Å²) in [4.78, 5) is 19.3. The molecule has 6 rings (SSSR count). The van der Waals surface area contributed by atoms with Gasteiger partial charge >= 0.3 is 6.18 Å². The van der Waals surface area contributed by atoms with Crippen molar-refractivity contribution in [2.24, 2.45) is 7.05 Å². The Labute approximate surface area is 259 Å². The van der Waals surface area contributed by atoms with E-state index in [1.54, 1.807) is 25.2 Å². The second-order valence-electron chi connectivity index (χ2n) is 11.2. The van der Waals surface area contributed by atoms with Crippen molar-refractivity contribution in [1.82, 2.24) is 30.1 Å². The third kappa shape index (κ3) is 6.92. The Balaban J connectivity index is 1.22. The molecule has 0 spiro atoms. The highest BCUT2D eigenvalue weighted by molar-refractivity contribution is 7.23. The number of ether oxygens (including phenoxy) is 2. The molecule has 2 aliphatic rings. The fourth-order valence-corrected chi connectivity index (χ4v) is 7.18. The fraction of sp³-hybridized carbons (Fsp3) is 0.517. The second kappa shape index (κ2) is 12.9. The molecule has 11 nitrogen and oxygen atoms in total. The summed E-state index contributed by atoms with van der Waals surface area (Å²) in [6.45, 7) is 2.22. The monoisotopic (exact) mass is 651 g/mol. The number of aromatic nitrogens is 4. The van der Waals surface area contributed by atoms with Crippen LogP contribution >= 0.6 is 11.3 Å². The lowest BCUT2D eigenvalue weighted by molar-refractivity contribution is -0.126. The van der Waals surface area contributed by atoms with Crippen LogP contribution in [0.25, 0.3) is 20.8 Å². The summed E-state index contributed by atoms with van der Waals surface area (Å²) in [5, 5.41) is 14.3. The van der Waals surface area contributed by atoms with E-state index in [0.29, 0.717) is 48.0 Å². The minimum Gasteiger partial charge on any atom is -0.479 e. The van der Waals surface area contributed by atoms with Gasteiger partial charge in [0.1, 0.15) is 11.7 Å². The van der Waals surface area contributed by atoms with Crippen molar-refractivity contribution < 1.29 is 36.4 Å². The number of hydrogen-bond donors (Lipinski definition) is 2. The van der Waals surface area contributed by atoms with Crippen LogP contribution in [-0.2, 0) is 24.8 Å². The first kappa shape index (κ1) is 31.2. The van der Waals surface area contributed by atoms with Gasteiger partial charge < -0.3 is 24.6 Å². The third-order valence-electron chi connectivity index (χ3n) is 8.12. The molecule has 2 saturated heterocycles. The Bertz CT molecular complexity index is 1650. The van der Waals surface area contributed by atoms with Gasteiger partial charge in [-0.2, -0.15) is 18.2 Å². The van der Waals surface area contributed by atoms with Gasteiger partial charge in [-0.3, -0.25) is 14.4 Å². The molecule has 0 saturated carbocycles. The number of benzene rings is 1. The van der Waals surface area contributed by atoms with E-state index >= 15 is 4.39 Å². The predicted octanol–water partition coefficient (Wildman–Crippen LogP) is 4.73. The molecule has 1 aromatic carbocycles. The summed E-state index contributed by atoms with van der Waals surface area (Å²) in [5.74, 6) is -0.388. The molecule has 0 bridgehead atoms. The number of alkyl halides is 4. The number of nitrogens with one attached hydrogen (secondary N) is 2. The molecule has 2 aliphatic heterocycles. The summed E-state index contributed by atoms with van der Waals surface area (Å²) in [6.07, 6.45) is -3.04. The number of rotatable bonds is 9. The fourth-order valence-electron chi connectivity index (χ4n) is 5.96. The van der Waals surface area contributed by atoms with Gasteiger partial charge in [-0.25, -0.2) is 4.39 Å². The average molecular weight is 652 g/mol. The number of thiophene rings is 1. The third-order valence-corrected chi connectivity index (χ3v) is 9.40. The maximum absolute atomic E-state index is 15.4. The van der Waals surface area contributed by atoms with Gasteiger partial charge in [0, 0.05) is 45.6 Å². The normalized spacial score (nSPS) is 20.0. The second-order valence-corrected chi connectivity index (χ2v) is 12.2. The van der Waals surface area contributed by atoms with E-state index in [4.69, 9.17) is 14.0 Å². The smallest absolute Gasteiger partial charge is 0.393 e. The number of amides is 1. The van der Waals surface area contributed by atoms with Crippen molar-refractivity contribution in [2.75, 3.05) is 38.7 Å². The predicted molar refractivity (Wildman–Crippen MR) is 158 cm³/mol. The lowest BCUT2D eigenvalue weighted by atomic mass is 9.98. The number of carbonyl (C=O) groups excluding carboxylic acids is 1. The van der Waals surface area contributed by atoms with Crippen LogP contribution in [0, 0.1) is 0 Å². The van der Waals surface area contributed by atoms with Crippen molar-refractivity contribution in [3.8, 4) is 16.6 Å². The van der Waals surface area contributed by atoms with Gasteiger partial charge in [0.25, 0.3) is 5.91 Å². The van der Waals surface area contributed by atoms with E-state index in [2.05, 4.69) is 30.8 Å². The Morgan fingerprint density at radius 2 is 2.02 bits per heavy atom. The molecule has 0 unspecified atom stereocenters. The molecule has 45 heavy (non-hydrogen) atoms. The van der Waals surface area contributed by atoms with Crippen LogP contribution in [0.4, 0.5) is 23.2 Å². The molecule has 2 fully saturated rings. The zero-order valence-corrected chi connectivity index (χ0v) is 25.5. The molecule has 16 heteroatoms. The van der Waals surface area contributed by atoms with Crippen LogP contribution in [0.3, 0.4) is 0 Å². The maximum Gasteiger partial charge on any atom is 0.393 e. The minimum atomic E-state index is -4.50. The molecule has 5 heterocycles. The van der Waals surface area contributed by atoms with E-state index in [-0.39, 0.29) is 40.1 Å². The summed E-state index contributed by atoms with van der Waals surface area (Å²) in [7, 11) is 3.03. The number of hydrogen-bond acceptors (Lipinski definition) is 10. The molecule has 1 amide bonds. The number of piperidine rings is 1. The summed E-state index contributed by atoms with van der Waals surface area (Å²) in [5.41, 5.74) is 0.760. The van der Waals surface area contributed by atoms with Crippen LogP contribution in [0.5, 0.6) is 5.88 Å². The summed E-state index contributed by atoms with van der Waals surface area (Å²) < 4.78 is 74.6. The minimum absolute atomic E-state index is 0.00605. The highest BCUT2D eigenvalue weighted by Gasteiger charge is 2.35. The van der Waals surface area contributed by atoms with Gasteiger partial charge in [0.2, 0.25) is 17.6 Å². The molecule has 3 aromatic heterocycles. The van der Waals surface area contributed by atoms with Crippen molar-refractivity contribution >= 4 is 33.0 Å². The van der Waals surface area contributed by atoms with Gasteiger partial charge in [0.05, 0.1) is 41.4 Å². The molecule has 242 valence electrons. The quantitative estimate of drug-likeness (QED) is 0.248. The maximum atomic E-state index is 15.4. The van der Waals surface area contributed by atoms with Crippen LogP contribution < -0.4 is 15.4 Å². The van der Waals surface area contributed by atoms with Crippen LogP contribution in [0.2, 0.25) is 0 Å². The molecular formula is C29H33F4N7O4S. The Morgan fingerprint density at radius 1 is 1.22 bits per heavy atom. The zero-order chi connectivity index (χ0) is 31.7. The highest BCUT2D eigenvalue weighted by Crippen LogP contribution is 2.44. The molecule has 0 aliphatic carbocycles. The lowest BCUT2D eigenvalue weighted by Crippen LogP contribution is -2.52. The Hall–Kier alpha value is -3.76. The van der Waals surface area contributed by atoms with E-state index in [9.17, 15) is 18.0 Å². The first-order valence-corrected chi connectivity index (χ1v) is 15.4. The Kier molecular flexibility index (Phi) is 8.97. The van der Waals surface area contributed by atoms with Gasteiger partial charge in [-0.05, 0) is 36.3 Å². The largest absolute Gasteiger partial charge is 0.479 e. The van der Waals surface area contributed by atoms with Crippen LogP contribution in [0.1, 0.15) is 41.1 Å². The van der Waals surface area contributed by atoms with Gasteiger partial charge in [0.15, 0.2) is 0 Å². The molecule has 0 radical (unpaired) electrons. The van der Waals surface area contributed by atoms with E-state index < -0.39 is 30.7 Å². The first-order valence-electron chi connectivity index (χ1n) is 14.6. The molecule has 4 aromatic rings. The lowest BCUT2D eigenvalue weighted by Gasteiger charge is -2.41. The van der Waals surface area contributed by atoms with E-state index in [1.807, 2.05) is 0 Å². The topological polar surface area (TPSA) is 120 Å². The first-order chi connectivity index (χ1) is 21.6. The van der Waals surface area contributed by atoms with E-state index in [0.717, 1.165) is 30.7 Å². The van der Waals surface area contributed by atoms with Gasteiger partial charge in [-0.1, -0.05) is 17.3 Å². The highest BCUT2D eigenvalue weighted by atomic mass is 32.1. The number of carbonyl (C=O) groups is 1. The number of aryl methyl sites for hydroxylation is 1. The zero-order valence-electron chi connectivity index (χ0n) is 24.7. The molecular weight excluding hydrogens is 618 g/mol. The number of nitrogens with zero attached hydrogens (tertiary/aromatic N) is 5. The van der Waals surface area contributed by atoms with E-state index in [1.165, 1.54) is 18.0 Å². The van der Waals surface area contributed by atoms with Crippen molar-refractivity contribution in [3.05, 3.63) is 41.4 Å². The van der Waals surface area contributed by atoms with Crippen LogP contribution in [-0.4, -0.2) is 88.6 Å². The van der Waals surface area contributed by atoms with Crippen LogP contribution in [0.15, 0.2) is 28.9 Å². The number of methoxy groups -OCH3 is 1. The summed E-state index contributed by atoms with van der Waals surface area (Å²) in [6, 6.07) is 4.85. The number of anilines is 1. The summed E-state index contributed by atoms with van der Waals surface area (Å²) >= 11 is 1.09. The van der Waals surface area contributed by atoms with Gasteiger partial charge in [-0.15, -0.1) is 16.4 Å². The standard InChI is InChI=1S/C29H33F4N7O4S/c1-39-14-19(28(37-39)42-2)27(41)34-13-23-36-26(38-44-23)25-18(12-29(31,32)33)17-4-3-5-22(24(17)45-25)35-21-6-9-40(15-20(21)30)16-7-10-43-11-8-16/h3-5,14,16,20-21,35H,6-13,15H2,1-2H3,(H,34,41)/t20-,21+/m0/s1. The average Bonchev–Trinajstić information content (AvgIpc) is 3.74. The van der Waals surface area contributed by atoms with Crippen molar-refractivity contribution in [1.29, 1.82) is 0 Å². The SMILES string of the molecule is COc1nn(C)cc1C(=O)NCc1nc(-c2sc3c(N[C@@H]4CCN(C5CCOCC5)C[C@@H]4F)cccc3c2CC(F)(F)F)no1. The van der Waals surface area contributed by atoms with Crippen molar-refractivity contribution in [2.45, 2.75) is 56.7 Å². The molecule has 2 atom stereocenters.